The molecule has 1 N–H and O–H groups in total. The molecule has 0 spiro atoms. The fourth-order valence-electron chi connectivity index (χ4n) is 2.32. The van der Waals surface area contributed by atoms with E-state index in [0.29, 0.717) is 5.15 Å². The van der Waals surface area contributed by atoms with Crippen molar-refractivity contribution in [3.63, 3.8) is 0 Å². The van der Waals surface area contributed by atoms with Gasteiger partial charge in [0.05, 0.1) is 11.9 Å². The van der Waals surface area contributed by atoms with Crippen LogP contribution in [0, 0.1) is 6.92 Å². The SMILES string of the molecule is CCCCc1ccc(C(C)Nc2cnc(Cl)c(C)c2)cc1. The molecular formula is C18H23ClN2. The summed E-state index contributed by atoms with van der Waals surface area (Å²) in [6, 6.07) is 11.1. The first kappa shape index (κ1) is 15.8. The molecule has 2 rings (SSSR count). The number of nitrogens with one attached hydrogen (secondary N) is 1. The minimum atomic E-state index is 0.243. The summed E-state index contributed by atoms with van der Waals surface area (Å²) in [5.41, 5.74) is 4.68. The van der Waals surface area contributed by atoms with Crippen molar-refractivity contribution < 1.29 is 0 Å². The highest BCUT2D eigenvalue weighted by atomic mass is 35.5. The number of hydrogen-bond donors (Lipinski definition) is 1. The molecule has 1 heterocycles. The van der Waals surface area contributed by atoms with Gasteiger partial charge in [-0.3, -0.25) is 0 Å². The summed E-state index contributed by atoms with van der Waals surface area (Å²) in [5, 5.41) is 4.03. The highest BCUT2D eigenvalue weighted by Gasteiger charge is 2.07. The number of aromatic nitrogens is 1. The Kier molecular flexibility index (Phi) is 5.63. The van der Waals surface area contributed by atoms with E-state index in [2.05, 4.69) is 48.4 Å². The first-order valence-corrected chi connectivity index (χ1v) is 7.95. The minimum absolute atomic E-state index is 0.243. The fourth-order valence-corrected chi connectivity index (χ4v) is 2.43. The van der Waals surface area contributed by atoms with Crippen molar-refractivity contribution in [2.45, 2.75) is 46.1 Å². The van der Waals surface area contributed by atoms with Crippen LogP contribution in [0.5, 0.6) is 0 Å². The number of hydrogen-bond acceptors (Lipinski definition) is 2. The van der Waals surface area contributed by atoms with Gasteiger partial charge in [0.2, 0.25) is 0 Å². The van der Waals surface area contributed by atoms with Gasteiger partial charge in [0, 0.05) is 6.04 Å². The van der Waals surface area contributed by atoms with Crippen LogP contribution in [0.2, 0.25) is 5.15 Å². The first-order chi connectivity index (χ1) is 10.1. The molecule has 2 aromatic rings. The number of aryl methyl sites for hydroxylation is 2. The molecule has 2 nitrogen and oxygen atoms in total. The van der Waals surface area contributed by atoms with E-state index in [0.717, 1.165) is 11.3 Å². The molecule has 0 aliphatic heterocycles. The Balaban J connectivity index is 2.02. The van der Waals surface area contributed by atoms with E-state index in [-0.39, 0.29) is 6.04 Å². The maximum absolute atomic E-state index is 5.95. The van der Waals surface area contributed by atoms with Crippen molar-refractivity contribution in [3.8, 4) is 0 Å². The van der Waals surface area contributed by atoms with E-state index < -0.39 is 0 Å². The quantitative estimate of drug-likeness (QED) is 0.707. The summed E-state index contributed by atoms with van der Waals surface area (Å²) in [5.74, 6) is 0. The van der Waals surface area contributed by atoms with E-state index in [9.17, 15) is 0 Å². The lowest BCUT2D eigenvalue weighted by Crippen LogP contribution is -2.07. The van der Waals surface area contributed by atoms with Crippen LogP contribution >= 0.6 is 11.6 Å². The van der Waals surface area contributed by atoms with E-state index in [4.69, 9.17) is 11.6 Å². The highest BCUT2D eigenvalue weighted by Crippen LogP contribution is 2.22. The summed E-state index contributed by atoms with van der Waals surface area (Å²) in [7, 11) is 0. The van der Waals surface area contributed by atoms with E-state index in [1.54, 1.807) is 6.20 Å². The molecule has 1 unspecified atom stereocenters. The zero-order valence-corrected chi connectivity index (χ0v) is 13.7. The third-order valence-electron chi connectivity index (χ3n) is 3.70. The Bertz CT molecular complexity index is 578. The van der Waals surface area contributed by atoms with Crippen LogP contribution < -0.4 is 5.32 Å². The van der Waals surface area contributed by atoms with Gasteiger partial charge in [0.15, 0.2) is 0 Å². The van der Waals surface area contributed by atoms with Gasteiger partial charge < -0.3 is 5.32 Å². The van der Waals surface area contributed by atoms with Gasteiger partial charge in [-0.25, -0.2) is 4.98 Å². The van der Waals surface area contributed by atoms with E-state index in [1.165, 1.54) is 30.4 Å². The van der Waals surface area contributed by atoms with Gasteiger partial charge in [-0.05, 0) is 49.4 Å². The van der Waals surface area contributed by atoms with Crippen LogP contribution in [0.4, 0.5) is 5.69 Å². The zero-order valence-electron chi connectivity index (χ0n) is 13.0. The van der Waals surface area contributed by atoms with Crippen molar-refractivity contribution in [2.75, 3.05) is 5.32 Å². The average Bonchev–Trinajstić information content (AvgIpc) is 2.49. The number of anilines is 1. The molecule has 0 fully saturated rings. The van der Waals surface area contributed by atoms with Gasteiger partial charge in [0.25, 0.3) is 0 Å². The van der Waals surface area contributed by atoms with Crippen LogP contribution in [0.1, 0.15) is 49.4 Å². The molecule has 0 bridgehead atoms. The molecule has 0 radical (unpaired) electrons. The lowest BCUT2D eigenvalue weighted by molar-refractivity contribution is 0.793. The Hall–Kier alpha value is -1.54. The molecule has 3 heteroatoms. The summed E-state index contributed by atoms with van der Waals surface area (Å²) in [6.45, 7) is 6.35. The van der Waals surface area contributed by atoms with Crippen LogP contribution in [-0.2, 0) is 6.42 Å². The van der Waals surface area contributed by atoms with Crippen molar-refractivity contribution in [1.29, 1.82) is 0 Å². The van der Waals surface area contributed by atoms with Gasteiger partial charge >= 0.3 is 0 Å². The van der Waals surface area contributed by atoms with Crippen LogP contribution in [0.25, 0.3) is 0 Å². The monoisotopic (exact) mass is 302 g/mol. The molecule has 112 valence electrons. The van der Waals surface area contributed by atoms with E-state index in [1.807, 2.05) is 13.0 Å². The van der Waals surface area contributed by atoms with Gasteiger partial charge in [-0.1, -0.05) is 49.2 Å². The largest absolute Gasteiger partial charge is 0.377 e. The topological polar surface area (TPSA) is 24.9 Å². The third-order valence-corrected chi connectivity index (χ3v) is 4.09. The molecule has 0 amide bonds. The summed E-state index contributed by atoms with van der Waals surface area (Å²) in [6.07, 6.45) is 5.44. The molecule has 1 aromatic heterocycles. The maximum Gasteiger partial charge on any atom is 0.132 e. The molecular weight excluding hydrogens is 280 g/mol. The van der Waals surface area contributed by atoms with Crippen molar-refractivity contribution in [2.24, 2.45) is 0 Å². The predicted molar refractivity (Wildman–Crippen MR) is 91.1 cm³/mol. The smallest absolute Gasteiger partial charge is 0.132 e. The van der Waals surface area contributed by atoms with Crippen LogP contribution in [-0.4, -0.2) is 4.98 Å². The van der Waals surface area contributed by atoms with Gasteiger partial charge in [-0.15, -0.1) is 0 Å². The van der Waals surface area contributed by atoms with E-state index >= 15 is 0 Å². The lowest BCUT2D eigenvalue weighted by Gasteiger charge is -2.16. The normalized spacial score (nSPS) is 12.2. The highest BCUT2D eigenvalue weighted by molar-refractivity contribution is 6.30. The van der Waals surface area contributed by atoms with Gasteiger partial charge in [-0.2, -0.15) is 0 Å². The van der Waals surface area contributed by atoms with Gasteiger partial charge in [0.1, 0.15) is 5.15 Å². The maximum atomic E-state index is 5.95. The summed E-state index contributed by atoms with van der Waals surface area (Å²) >= 11 is 5.95. The first-order valence-electron chi connectivity index (χ1n) is 7.57. The van der Waals surface area contributed by atoms with Crippen molar-refractivity contribution >= 4 is 17.3 Å². The van der Waals surface area contributed by atoms with Crippen molar-refractivity contribution in [1.82, 2.24) is 4.98 Å². The number of benzene rings is 1. The van der Waals surface area contributed by atoms with Crippen molar-refractivity contribution in [3.05, 3.63) is 58.4 Å². The molecule has 1 atom stereocenters. The number of nitrogens with zero attached hydrogens (tertiary/aromatic N) is 1. The molecule has 1 aromatic carbocycles. The Labute approximate surface area is 132 Å². The molecule has 0 saturated carbocycles. The number of rotatable bonds is 6. The standard InChI is InChI=1S/C18H23ClN2/c1-4-5-6-15-7-9-16(10-8-15)14(3)21-17-11-13(2)18(19)20-12-17/h7-12,14,21H,4-6H2,1-3H3. The third kappa shape index (κ3) is 4.47. The Morgan fingerprint density at radius 3 is 2.57 bits per heavy atom. The Morgan fingerprint density at radius 1 is 1.24 bits per heavy atom. The number of unbranched alkanes of at least 4 members (excludes halogenated alkanes) is 1. The van der Waals surface area contributed by atoms with Crippen LogP contribution in [0.15, 0.2) is 36.5 Å². The zero-order chi connectivity index (χ0) is 15.2. The second kappa shape index (κ2) is 7.46. The average molecular weight is 303 g/mol. The second-order valence-corrected chi connectivity index (χ2v) is 5.90. The molecule has 0 aliphatic carbocycles. The summed E-state index contributed by atoms with van der Waals surface area (Å²) < 4.78 is 0. The predicted octanol–water partition coefficient (Wildman–Crippen LogP) is 5.56. The molecule has 0 aliphatic rings. The number of halogens is 1. The number of pyridine rings is 1. The molecule has 21 heavy (non-hydrogen) atoms. The second-order valence-electron chi connectivity index (χ2n) is 5.54. The fraction of sp³-hybridized carbons (Fsp3) is 0.389. The Morgan fingerprint density at radius 2 is 1.95 bits per heavy atom. The summed E-state index contributed by atoms with van der Waals surface area (Å²) in [4.78, 5) is 4.18. The van der Waals surface area contributed by atoms with Crippen LogP contribution in [0.3, 0.4) is 0 Å². The minimum Gasteiger partial charge on any atom is -0.377 e. The molecule has 0 saturated heterocycles. The lowest BCUT2D eigenvalue weighted by atomic mass is 10.0.